The van der Waals surface area contributed by atoms with E-state index in [0.29, 0.717) is 6.54 Å². The van der Waals surface area contributed by atoms with Crippen molar-refractivity contribution in [2.75, 3.05) is 13.7 Å². The molecule has 0 saturated heterocycles. The van der Waals surface area contributed by atoms with Gasteiger partial charge in [-0.2, -0.15) is 0 Å². The van der Waals surface area contributed by atoms with Crippen molar-refractivity contribution in [1.82, 2.24) is 0 Å². The molecule has 2 N–H and O–H groups in total. The molecule has 0 aliphatic rings. The summed E-state index contributed by atoms with van der Waals surface area (Å²) in [5, 5.41) is 0. The van der Waals surface area contributed by atoms with Crippen LogP contribution in [0.15, 0.2) is 28.7 Å². The van der Waals surface area contributed by atoms with Crippen molar-refractivity contribution in [2.45, 2.75) is 6.92 Å². The number of halogens is 1. The Morgan fingerprint density at radius 3 is 2.86 bits per heavy atom. The first-order valence-corrected chi connectivity index (χ1v) is 5.19. The number of ether oxygens (including phenoxy) is 1. The van der Waals surface area contributed by atoms with Crippen LogP contribution in [-0.2, 0) is 0 Å². The van der Waals surface area contributed by atoms with E-state index >= 15 is 0 Å². The van der Waals surface area contributed by atoms with Gasteiger partial charge in [0.2, 0.25) is 0 Å². The summed E-state index contributed by atoms with van der Waals surface area (Å²) in [6, 6.07) is 5.92. The summed E-state index contributed by atoms with van der Waals surface area (Å²) in [7, 11) is 1.67. The molecule has 1 aromatic carbocycles. The molecule has 1 aromatic rings. The van der Waals surface area contributed by atoms with Crippen LogP contribution in [0.5, 0.6) is 5.75 Å². The van der Waals surface area contributed by atoms with Gasteiger partial charge in [0.1, 0.15) is 5.75 Å². The van der Waals surface area contributed by atoms with E-state index in [9.17, 15) is 0 Å². The summed E-state index contributed by atoms with van der Waals surface area (Å²) in [4.78, 5) is 0. The highest BCUT2D eigenvalue weighted by Gasteiger charge is 2.04. The molecule has 0 aliphatic heterocycles. The van der Waals surface area contributed by atoms with Gasteiger partial charge in [-0.3, -0.25) is 0 Å². The van der Waals surface area contributed by atoms with Crippen LogP contribution in [0.2, 0.25) is 0 Å². The van der Waals surface area contributed by atoms with Gasteiger partial charge in [0.25, 0.3) is 0 Å². The zero-order chi connectivity index (χ0) is 10.6. The van der Waals surface area contributed by atoms with E-state index in [2.05, 4.69) is 15.9 Å². The van der Waals surface area contributed by atoms with Crippen molar-refractivity contribution in [1.29, 1.82) is 0 Å². The minimum absolute atomic E-state index is 0.543. The van der Waals surface area contributed by atoms with E-state index in [-0.39, 0.29) is 0 Å². The third-order valence-electron chi connectivity index (χ3n) is 2.01. The second kappa shape index (κ2) is 5.17. The van der Waals surface area contributed by atoms with E-state index in [1.54, 1.807) is 7.11 Å². The Morgan fingerprint density at radius 2 is 2.29 bits per heavy atom. The van der Waals surface area contributed by atoms with Crippen LogP contribution in [0.4, 0.5) is 0 Å². The van der Waals surface area contributed by atoms with Crippen LogP contribution in [0.1, 0.15) is 12.5 Å². The Labute approximate surface area is 92.9 Å². The molecule has 0 saturated carbocycles. The molecule has 0 amide bonds. The van der Waals surface area contributed by atoms with E-state index in [0.717, 1.165) is 21.4 Å². The molecule has 0 bridgehead atoms. The first-order valence-electron chi connectivity index (χ1n) is 4.39. The third kappa shape index (κ3) is 2.59. The van der Waals surface area contributed by atoms with Gasteiger partial charge in [0.05, 0.1) is 7.11 Å². The molecule has 76 valence electrons. The van der Waals surface area contributed by atoms with E-state index < -0.39 is 0 Å². The highest BCUT2D eigenvalue weighted by Crippen LogP contribution is 2.28. The van der Waals surface area contributed by atoms with Crippen molar-refractivity contribution < 1.29 is 4.74 Å². The van der Waals surface area contributed by atoms with Gasteiger partial charge >= 0.3 is 0 Å². The monoisotopic (exact) mass is 255 g/mol. The molecule has 3 heteroatoms. The summed E-state index contributed by atoms with van der Waals surface area (Å²) in [5.41, 5.74) is 7.67. The second-order valence-electron chi connectivity index (χ2n) is 2.97. The average molecular weight is 256 g/mol. The topological polar surface area (TPSA) is 35.2 Å². The molecule has 0 spiro atoms. The summed E-state index contributed by atoms with van der Waals surface area (Å²) in [6.07, 6.45) is 1.98. The molecule has 0 heterocycles. The molecule has 0 fully saturated rings. The fraction of sp³-hybridized carbons (Fsp3) is 0.273. The lowest BCUT2D eigenvalue weighted by Crippen LogP contribution is -1.96. The first kappa shape index (κ1) is 11.3. The number of allylic oxidation sites excluding steroid dienone is 1. The summed E-state index contributed by atoms with van der Waals surface area (Å²) < 4.78 is 6.31. The molecule has 0 atom stereocenters. The molecule has 1 rings (SSSR count). The maximum atomic E-state index is 5.47. The van der Waals surface area contributed by atoms with Crippen LogP contribution in [0.3, 0.4) is 0 Å². The standard InChI is InChI=1S/C11H14BrNO/c1-8(5-6-13)10-7-9(12)3-4-11(10)14-2/h3-5,7H,6,13H2,1-2H3/b8-5+. The highest BCUT2D eigenvalue weighted by atomic mass is 79.9. The van der Waals surface area contributed by atoms with Gasteiger partial charge in [0.15, 0.2) is 0 Å². The average Bonchev–Trinajstić information content (AvgIpc) is 2.18. The maximum Gasteiger partial charge on any atom is 0.126 e. The van der Waals surface area contributed by atoms with Crippen molar-refractivity contribution in [3.05, 3.63) is 34.3 Å². The van der Waals surface area contributed by atoms with E-state index in [1.165, 1.54) is 0 Å². The largest absolute Gasteiger partial charge is 0.496 e. The number of rotatable bonds is 3. The molecule has 0 unspecified atom stereocenters. The molecular weight excluding hydrogens is 242 g/mol. The smallest absolute Gasteiger partial charge is 0.126 e. The van der Waals surface area contributed by atoms with Crippen LogP contribution in [0, 0.1) is 0 Å². The van der Waals surface area contributed by atoms with E-state index in [4.69, 9.17) is 10.5 Å². The first-order chi connectivity index (χ1) is 6.69. The second-order valence-corrected chi connectivity index (χ2v) is 3.88. The minimum Gasteiger partial charge on any atom is -0.496 e. The number of benzene rings is 1. The Morgan fingerprint density at radius 1 is 1.57 bits per heavy atom. The molecule has 0 radical (unpaired) electrons. The lowest BCUT2D eigenvalue weighted by molar-refractivity contribution is 0.413. The fourth-order valence-electron chi connectivity index (χ4n) is 1.28. The van der Waals surface area contributed by atoms with Crippen LogP contribution < -0.4 is 10.5 Å². The SMILES string of the molecule is COc1ccc(Br)cc1/C(C)=C/CN. The maximum absolute atomic E-state index is 5.47. The van der Waals surface area contributed by atoms with E-state index in [1.807, 2.05) is 31.2 Å². The predicted octanol–water partition coefficient (Wildman–Crippen LogP) is 2.82. The van der Waals surface area contributed by atoms with Crippen LogP contribution in [0.25, 0.3) is 5.57 Å². The summed E-state index contributed by atoms with van der Waals surface area (Å²) >= 11 is 3.43. The van der Waals surface area contributed by atoms with Gasteiger partial charge in [-0.1, -0.05) is 22.0 Å². The quantitative estimate of drug-likeness (QED) is 0.902. The van der Waals surface area contributed by atoms with Gasteiger partial charge in [-0.25, -0.2) is 0 Å². The fourth-order valence-corrected chi connectivity index (χ4v) is 1.64. The molecular formula is C11H14BrNO. The molecule has 14 heavy (non-hydrogen) atoms. The minimum atomic E-state index is 0.543. The molecule has 2 nitrogen and oxygen atoms in total. The Kier molecular flexibility index (Phi) is 4.17. The third-order valence-corrected chi connectivity index (χ3v) is 2.50. The number of hydrogen-bond donors (Lipinski definition) is 1. The Balaban J connectivity index is 3.16. The van der Waals surface area contributed by atoms with Crippen molar-refractivity contribution in [2.24, 2.45) is 5.73 Å². The lowest BCUT2D eigenvalue weighted by atomic mass is 10.1. The number of nitrogens with two attached hydrogens (primary N) is 1. The zero-order valence-corrected chi connectivity index (χ0v) is 9.97. The van der Waals surface area contributed by atoms with Gasteiger partial charge in [-0.05, 0) is 30.7 Å². The van der Waals surface area contributed by atoms with Crippen LogP contribution >= 0.6 is 15.9 Å². The Hall–Kier alpha value is -0.800. The van der Waals surface area contributed by atoms with Crippen molar-refractivity contribution in [3.8, 4) is 5.75 Å². The zero-order valence-electron chi connectivity index (χ0n) is 8.38. The van der Waals surface area contributed by atoms with Crippen molar-refractivity contribution in [3.63, 3.8) is 0 Å². The molecule has 0 aromatic heterocycles. The Bertz CT molecular complexity index is 347. The molecule has 0 aliphatic carbocycles. The summed E-state index contributed by atoms with van der Waals surface area (Å²) in [6.45, 7) is 2.57. The number of hydrogen-bond acceptors (Lipinski definition) is 2. The van der Waals surface area contributed by atoms with Gasteiger partial charge in [0, 0.05) is 16.6 Å². The predicted molar refractivity (Wildman–Crippen MR) is 63.4 cm³/mol. The normalized spacial score (nSPS) is 11.6. The number of methoxy groups -OCH3 is 1. The highest BCUT2D eigenvalue weighted by molar-refractivity contribution is 9.10. The van der Waals surface area contributed by atoms with Crippen LogP contribution in [-0.4, -0.2) is 13.7 Å². The lowest BCUT2D eigenvalue weighted by Gasteiger charge is -2.09. The van der Waals surface area contributed by atoms with Gasteiger partial charge < -0.3 is 10.5 Å². The summed E-state index contributed by atoms with van der Waals surface area (Å²) in [5.74, 6) is 0.871. The van der Waals surface area contributed by atoms with Crippen molar-refractivity contribution >= 4 is 21.5 Å². The van der Waals surface area contributed by atoms with Gasteiger partial charge in [-0.15, -0.1) is 0 Å².